The lowest BCUT2D eigenvalue weighted by Crippen LogP contribution is -2.45. The number of hydrogen-bond acceptors (Lipinski definition) is 2. The maximum Gasteiger partial charge on any atom is 0.115 e. The minimum Gasteiger partial charge on any atom is -0.508 e. The van der Waals surface area contributed by atoms with Crippen molar-refractivity contribution in [1.82, 2.24) is 4.90 Å². The standard InChI is InChI=1S/C15H23NO/c1-11-6-4-7-12(2)16(11)13(3)14-8-5-9-15(17)10-14/h5,8-13,17H,4,6-7H2,1-3H3/t11-,12+,13?. The molecule has 1 unspecified atom stereocenters. The van der Waals surface area contributed by atoms with Gasteiger partial charge in [0.25, 0.3) is 0 Å². The van der Waals surface area contributed by atoms with Gasteiger partial charge in [-0.15, -0.1) is 0 Å². The number of likely N-dealkylation sites (tertiary alicyclic amines) is 1. The van der Waals surface area contributed by atoms with E-state index in [4.69, 9.17) is 0 Å². The fraction of sp³-hybridized carbons (Fsp3) is 0.600. The Kier molecular flexibility index (Phi) is 3.72. The number of nitrogens with zero attached hydrogens (tertiary/aromatic N) is 1. The van der Waals surface area contributed by atoms with Crippen LogP contribution in [0.2, 0.25) is 0 Å². The average molecular weight is 233 g/mol. The molecule has 0 aliphatic carbocycles. The van der Waals surface area contributed by atoms with Gasteiger partial charge in [0.15, 0.2) is 0 Å². The molecule has 2 nitrogen and oxygen atoms in total. The molecule has 1 aliphatic rings. The summed E-state index contributed by atoms with van der Waals surface area (Å²) < 4.78 is 0. The van der Waals surface area contributed by atoms with E-state index in [2.05, 4.69) is 31.7 Å². The Bertz CT molecular complexity index is 367. The van der Waals surface area contributed by atoms with Gasteiger partial charge in [-0.1, -0.05) is 18.6 Å². The van der Waals surface area contributed by atoms with Crippen LogP contribution < -0.4 is 0 Å². The Morgan fingerprint density at radius 3 is 2.47 bits per heavy atom. The normalized spacial score (nSPS) is 27.9. The van der Waals surface area contributed by atoms with Crippen LogP contribution in [0.3, 0.4) is 0 Å². The summed E-state index contributed by atoms with van der Waals surface area (Å²) in [5.41, 5.74) is 1.21. The monoisotopic (exact) mass is 233 g/mol. The molecular formula is C15H23NO. The quantitative estimate of drug-likeness (QED) is 0.841. The molecule has 1 saturated heterocycles. The Morgan fingerprint density at radius 2 is 1.88 bits per heavy atom. The number of piperidine rings is 1. The second-order valence-electron chi connectivity index (χ2n) is 5.35. The molecule has 1 aliphatic heterocycles. The first-order valence-electron chi connectivity index (χ1n) is 6.66. The summed E-state index contributed by atoms with van der Waals surface area (Å²) in [5.74, 6) is 0.367. The zero-order valence-electron chi connectivity index (χ0n) is 11.1. The van der Waals surface area contributed by atoms with E-state index in [9.17, 15) is 5.11 Å². The SMILES string of the molecule is CC(c1cccc(O)c1)N1[C@H](C)CCC[C@@H]1C. The van der Waals surface area contributed by atoms with E-state index in [1.54, 1.807) is 6.07 Å². The Hall–Kier alpha value is -1.02. The lowest BCUT2D eigenvalue weighted by Gasteiger charge is -2.43. The maximum absolute atomic E-state index is 9.57. The Labute approximate surface area is 104 Å². The summed E-state index contributed by atoms with van der Waals surface area (Å²) >= 11 is 0. The van der Waals surface area contributed by atoms with E-state index >= 15 is 0 Å². The first-order chi connectivity index (χ1) is 8.09. The molecule has 17 heavy (non-hydrogen) atoms. The summed E-state index contributed by atoms with van der Waals surface area (Å²) in [5, 5.41) is 9.57. The lowest BCUT2D eigenvalue weighted by atomic mass is 9.93. The predicted molar refractivity (Wildman–Crippen MR) is 71.1 cm³/mol. The van der Waals surface area contributed by atoms with Gasteiger partial charge in [0, 0.05) is 18.1 Å². The number of hydrogen-bond donors (Lipinski definition) is 1. The average Bonchev–Trinajstić information content (AvgIpc) is 2.28. The molecule has 0 aromatic heterocycles. The van der Waals surface area contributed by atoms with Gasteiger partial charge in [0.1, 0.15) is 5.75 Å². The fourth-order valence-electron chi connectivity index (χ4n) is 3.16. The van der Waals surface area contributed by atoms with Gasteiger partial charge < -0.3 is 5.11 Å². The van der Waals surface area contributed by atoms with E-state index < -0.39 is 0 Å². The molecule has 94 valence electrons. The Balaban J connectivity index is 2.20. The second kappa shape index (κ2) is 5.09. The molecule has 2 rings (SSSR count). The van der Waals surface area contributed by atoms with Gasteiger partial charge >= 0.3 is 0 Å². The van der Waals surface area contributed by atoms with Gasteiger partial charge in [0.2, 0.25) is 0 Å². The smallest absolute Gasteiger partial charge is 0.115 e. The van der Waals surface area contributed by atoms with Crippen molar-refractivity contribution in [3.63, 3.8) is 0 Å². The van der Waals surface area contributed by atoms with Gasteiger partial charge in [0.05, 0.1) is 0 Å². The molecule has 1 fully saturated rings. The third-order valence-corrected chi connectivity index (χ3v) is 4.06. The molecule has 3 atom stereocenters. The van der Waals surface area contributed by atoms with Crippen molar-refractivity contribution >= 4 is 0 Å². The first kappa shape index (κ1) is 12.4. The lowest BCUT2D eigenvalue weighted by molar-refractivity contribution is 0.0622. The molecule has 1 heterocycles. The fourth-order valence-corrected chi connectivity index (χ4v) is 3.16. The van der Waals surface area contributed by atoms with E-state index in [1.165, 1.54) is 24.8 Å². The first-order valence-corrected chi connectivity index (χ1v) is 6.66. The predicted octanol–water partition coefficient (Wildman–Crippen LogP) is 3.72. The van der Waals surface area contributed by atoms with E-state index in [1.807, 2.05) is 12.1 Å². The number of benzene rings is 1. The van der Waals surface area contributed by atoms with E-state index in [0.717, 1.165) is 0 Å². The number of phenols is 1. The summed E-state index contributed by atoms with van der Waals surface area (Å²) in [7, 11) is 0. The van der Waals surface area contributed by atoms with E-state index in [-0.39, 0.29) is 0 Å². The zero-order chi connectivity index (χ0) is 12.4. The molecule has 0 bridgehead atoms. The molecular weight excluding hydrogens is 210 g/mol. The summed E-state index contributed by atoms with van der Waals surface area (Å²) in [4.78, 5) is 2.58. The topological polar surface area (TPSA) is 23.5 Å². The van der Waals surface area contributed by atoms with Gasteiger partial charge in [-0.05, 0) is 51.3 Å². The third-order valence-electron chi connectivity index (χ3n) is 4.06. The highest BCUT2D eigenvalue weighted by Gasteiger charge is 2.29. The summed E-state index contributed by atoms with van der Waals surface area (Å²) in [6, 6.07) is 9.32. The molecule has 1 aromatic rings. The molecule has 0 radical (unpaired) electrons. The molecule has 1 N–H and O–H groups in total. The van der Waals surface area contributed by atoms with Crippen molar-refractivity contribution < 1.29 is 5.11 Å². The highest BCUT2D eigenvalue weighted by atomic mass is 16.3. The minimum atomic E-state index is 0.367. The van der Waals surface area contributed by atoms with Crippen molar-refractivity contribution in [1.29, 1.82) is 0 Å². The van der Waals surface area contributed by atoms with Crippen LogP contribution >= 0.6 is 0 Å². The van der Waals surface area contributed by atoms with Crippen molar-refractivity contribution in [3.8, 4) is 5.75 Å². The molecule has 0 spiro atoms. The minimum absolute atomic E-state index is 0.367. The third kappa shape index (κ3) is 2.63. The van der Waals surface area contributed by atoms with Crippen molar-refractivity contribution in [2.45, 2.75) is 58.2 Å². The van der Waals surface area contributed by atoms with Crippen LogP contribution in [0.25, 0.3) is 0 Å². The van der Waals surface area contributed by atoms with Crippen LogP contribution in [0, 0.1) is 0 Å². The molecule has 1 aromatic carbocycles. The number of aromatic hydroxyl groups is 1. The zero-order valence-corrected chi connectivity index (χ0v) is 11.1. The molecule has 0 saturated carbocycles. The van der Waals surface area contributed by atoms with Crippen LogP contribution in [0.5, 0.6) is 5.75 Å². The van der Waals surface area contributed by atoms with Crippen molar-refractivity contribution in [2.24, 2.45) is 0 Å². The Morgan fingerprint density at radius 1 is 1.24 bits per heavy atom. The maximum atomic E-state index is 9.57. The van der Waals surface area contributed by atoms with Crippen LogP contribution in [-0.2, 0) is 0 Å². The molecule has 2 heteroatoms. The highest BCUT2D eigenvalue weighted by molar-refractivity contribution is 5.29. The van der Waals surface area contributed by atoms with Gasteiger partial charge in [-0.3, -0.25) is 4.90 Å². The van der Waals surface area contributed by atoms with Crippen LogP contribution in [0.15, 0.2) is 24.3 Å². The van der Waals surface area contributed by atoms with Gasteiger partial charge in [-0.25, -0.2) is 0 Å². The number of rotatable bonds is 2. The van der Waals surface area contributed by atoms with Crippen molar-refractivity contribution in [3.05, 3.63) is 29.8 Å². The van der Waals surface area contributed by atoms with E-state index in [0.29, 0.717) is 23.9 Å². The summed E-state index contributed by atoms with van der Waals surface area (Å²) in [6.45, 7) is 6.87. The highest BCUT2D eigenvalue weighted by Crippen LogP contribution is 2.32. The van der Waals surface area contributed by atoms with Crippen LogP contribution in [0.4, 0.5) is 0 Å². The largest absolute Gasteiger partial charge is 0.508 e. The molecule has 0 amide bonds. The number of phenolic OH excluding ortho intramolecular Hbond substituents is 1. The van der Waals surface area contributed by atoms with Crippen LogP contribution in [0.1, 0.15) is 51.6 Å². The summed E-state index contributed by atoms with van der Waals surface area (Å²) in [6.07, 6.45) is 3.91. The van der Waals surface area contributed by atoms with Crippen LogP contribution in [-0.4, -0.2) is 22.1 Å². The van der Waals surface area contributed by atoms with Crippen molar-refractivity contribution in [2.75, 3.05) is 0 Å². The second-order valence-corrected chi connectivity index (χ2v) is 5.35. The van der Waals surface area contributed by atoms with Gasteiger partial charge in [-0.2, -0.15) is 0 Å².